The number of fused-ring (bicyclic) bond motifs is 1. The molecule has 0 saturated carbocycles. The maximum Gasteiger partial charge on any atom is 0.0305 e. The third-order valence-electron chi connectivity index (χ3n) is 2.53. The molecule has 0 radical (unpaired) electrons. The summed E-state index contributed by atoms with van der Waals surface area (Å²) in [7, 11) is 0. The molecule has 0 spiro atoms. The van der Waals surface area contributed by atoms with Gasteiger partial charge in [0.15, 0.2) is 0 Å². The molecule has 1 fully saturated rings. The average Bonchev–Trinajstić information content (AvgIpc) is 2.44. The molecule has 12 heavy (non-hydrogen) atoms. The highest BCUT2D eigenvalue weighted by molar-refractivity contribution is 8.04. The first-order chi connectivity index (χ1) is 5.70. The zero-order valence-corrected chi connectivity index (χ0v) is 8.61. The SMILES string of the molecule is CC(C)=C1C(C)SC2=CC=CC21. The van der Waals surface area contributed by atoms with Crippen LogP contribution in [0.4, 0.5) is 0 Å². The average molecular weight is 178 g/mol. The molecule has 2 unspecified atom stereocenters. The van der Waals surface area contributed by atoms with Crippen molar-refractivity contribution in [2.24, 2.45) is 5.92 Å². The van der Waals surface area contributed by atoms with Crippen molar-refractivity contribution in [2.45, 2.75) is 26.0 Å². The van der Waals surface area contributed by atoms with Crippen molar-refractivity contribution >= 4 is 11.8 Å². The molecule has 1 aliphatic heterocycles. The van der Waals surface area contributed by atoms with Gasteiger partial charge in [0.25, 0.3) is 0 Å². The number of hydrogen-bond donors (Lipinski definition) is 0. The van der Waals surface area contributed by atoms with Gasteiger partial charge in [-0.3, -0.25) is 0 Å². The van der Waals surface area contributed by atoms with Crippen molar-refractivity contribution in [3.8, 4) is 0 Å². The van der Waals surface area contributed by atoms with Crippen LogP contribution in [0.15, 0.2) is 34.3 Å². The summed E-state index contributed by atoms with van der Waals surface area (Å²) in [5.41, 5.74) is 3.12. The van der Waals surface area contributed by atoms with E-state index in [-0.39, 0.29) is 0 Å². The van der Waals surface area contributed by atoms with Gasteiger partial charge in [0.2, 0.25) is 0 Å². The zero-order chi connectivity index (χ0) is 8.72. The summed E-state index contributed by atoms with van der Waals surface area (Å²) in [6, 6.07) is 0. The number of rotatable bonds is 0. The minimum absolute atomic E-state index is 0.634. The van der Waals surface area contributed by atoms with Crippen LogP contribution >= 0.6 is 11.8 Å². The fraction of sp³-hybridized carbons (Fsp3) is 0.455. The molecular weight excluding hydrogens is 164 g/mol. The zero-order valence-electron chi connectivity index (χ0n) is 7.79. The lowest BCUT2D eigenvalue weighted by Gasteiger charge is -2.10. The molecule has 1 aliphatic carbocycles. The normalized spacial score (nSPS) is 32.2. The molecule has 2 rings (SSSR count). The first-order valence-corrected chi connectivity index (χ1v) is 5.30. The molecular formula is C11H14S. The van der Waals surface area contributed by atoms with Crippen LogP contribution < -0.4 is 0 Å². The van der Waals surface area contributed by atoms with Crippen molar-refractivity contribution < 1.29 is 0 Å². The second-order valence-electron chi connectivity index (χ2n) is 3.65. The molecule has 1 saturated heterocycles. The van der Waals surface area contributed by atoms with E-state index in [1.165, 1.54) is 5.57 Å². The van der Waals surface area contributed by atoms with Crippen LogP contribution in [0, 0.1) is 5.92 Å². The van der Waals surface area contributed by atoms with Gasteiger partial charge in [0, 0.05) is 11.2 Å². The Morgan fingerprint density at radius 1 is 1.42 bits per heavy atom. The van der Waals surface area contributed by atoms with Gasteiger partial charge in [-0.1, -0.05) is 23.8 Å². The van der Waals surface area contributed by atoms with Crippen molar-refractivity contribution in [1.82, 2.24) is 0 Å². The van der Waals surface area contributed by atoms with Crippen LogP contribution in [0.1, 0.15) is 20.8 Å². The predicted molar refractivity (Wildman–Crippen MR) is 56.1 cm³/mol. The quantitative estimate of drug-likeness (QED) is 0.511. The minimum atomic E-state index is 0.634. The second kappa shape index (κ2) is 2.81. The standard InChI is InChI=1S/C11H14S/c1-7(2)11-8(3)12-10-6-4-5-9(10)11/h4-6,8-9H,1-3H3. The van der Waals surface area contributed by atoms with Gasteiger partial charge in [0.05, 0.1) is 0 Å². The van der Waals surface area contributed by atoms with Crippen LogP contribution in [0.5, 0.6) is 0 Å². The third kappa shape index (κ3) is 1.08. The minimum Gasteiger partial charge on any atom is -0.122 e. The molecule has 1 heterocycles. The van der Waals surface area contributed by atoms with Gasteiger partial charge in [-0.15, -0.1) is 11.8 Å². The number of allylic oxidation sites excluding steroid dienone is 5. The van der Waals surface area contributed by atoms with Gasteiger partial charge in [-0.05, 0) is 31.2 Å². The molecule has 0 aromatic carbocycles. The Bertz CT molecular complexity index is 290. The van der Waals surface area contributed by atoms with Gasteiger partial charge >= 0.3 is 0 Å². The van der Waals surface area contributed by atoms with Gasteiger partial charge in [-0.2, -0.15) is 0 Å². The van der Waals surface area contributed by atoms with E-state index < -0.39 is 0 Å². The van der Waals surface area contributed by atoms with E-state index in [1.54, 1.807) is 10.5 Å². The maximum absolute atomic E-state index is 2.31. The van der Waals surface area contributed by atoms with E-state index in [4.69, 9.17) is 0 Å². The van der Waals surface area contributed by atoms with Crippen molar-refractivity contribution in [1.29, 1.82) is 0 Å². The largest absolute Gasteiger partial charge is 0.122 e. The Morgan fingerprint density at radius 2 is 2.17 bits per heavy atom. The van der Waals surface area contributed by atoms with E-state index >= 15 is 0 Å². The Balaban J connectivity index is 2.42. The summed E-state index contributed by atoms with van der Waals surface area (Å²) in [6.45, 7) is 6.75. The van der Waals surface area contributed by atoms with E-state index in [0.29, 0.717) is 11.2 Å². The molecule has 0 bridgehead atoms. The number of hydrogen-bond acceptors (Lipinski definition) is 1. The Kier molecular flexibility index (Phi) is 1.91. The molecule has 64 valence electrons. The van der Waals surface area contributed by atoms with E-state index in [2.05, 4.69) is 39.0 Å². The van der Waals surface area contributed by atoms with Crippen LogP contribution in [-0.2, 0) is 0 Å². The number of thioether (sulfide) groups is 1. The highest BCUT2D eigenvalue weighted by Crippen LogP contribution is 2.49. The molecule has 0 aromatic heterocycles. The lowest BCUT2D eigenvalue weighted by Crippen LogP contribution is -2.02. The topological polar surface area (TPSA) is 0 Å². The van der Waals surface area contributed by atoms with E-state index in [0.717, 1.165) is 0 Å². The summed E-state index contributed by atoms with van der Waals surface area (Å²) in [6.07, 6.45) is 6.75. The van der Waals surface area contributed by atoms with Gasteiger partial charge in [-0.25, -0.2) is 0 Å². The Labute approximate surface area is 78.4 Å². The molecule has 0 amide bonds. The highest BCUT2D eigenvalue weighted by Gasteiger charge is 2.32. The fourth-order valence-electron chi connectivity index (χ4n) is 2.07. The lowest BCUT2D eigenvalue weighted by molar-refractivity contribution is 0.906. The fourth-order valence-corrected chi connectivity index (χ4v) is 3.49. The van der Waals surface area contributed by atoms with E-state index in [9.17, 15) is 0 Å². The molecule has 2 aliphatic rings. The van der Waals surface area contributed by atoms with E-state index in [1.807, 2.05) is 11.8 Å². The van der Waals surface area contributed by atoms with Crippen molar-refractivity contribution in [2.75, 3.05) is 0 Å². The summed E-state index contributed by atoms with van der Waals surface area (Å²) in [5, 5.41) is 0.691. The van der Waals surface area contributed by atoms with Crippen LogP contribution in [0.25, 0.3) is 0 Å². The monoisotopic (exact) mass is 178 g/mol. The second-order valence-corrected chi connectivity index (χ2v) is 5.06. The third-order valence-corrected chi connectivity index (χ3v) is 3.80. The Hall–Kier alpha value is -0.430. The highest BCUT2D eigenvalue weighted by atomic mass is 32.2. The summed E-state index contributed by atoms with van der Waals surface area (Å²) in [4.78, 5) is 1.54. The first-order valence-electron chi connectivity index (χ1n) is 4.42. The van der Waals surface area contributed by atoms with Gasteiger partial charge in [0.1, 0.15) is 0 Å². The first kappa shape index (κ1) is 8.18. The van der Waals surface area contributed by atoms with Crippen LogP contribution in [-0.4, -0.2) is 5.25 Å². The smallest absolute Gasteiger partial charge is 0.0305 e. The molecule has 2 atom stereocenters. The predicted octanol–water partition coefficient (Wildman–Crippen LogP) is 3.53. The molecule has 0 N–H and O–H groups in total. The summed E-state index contributed by atoms with van der Waals surface area (Å²) < 4.78 is 0. The van der Waals surface area contributed by atoms with Gasteiger partial charge < -0.3 is 0 Å². The van der Waals surface area contributed by atoms with Crippen LogP contribution in [0.2, 0.25) is 0 Å². The lowest BCUT2D eigenvalue weighted by atomic mass is 9.94. The molecule has 0 aromatic rings. The summed E-state index contributed by atoms with van der Waals surface area (Å²) >= 11 is 2.01. The maximum atomic E-state index is 2.31. The van der Waals surface area contributed by atoms with Crippen molar-refractivity contribution in [3.63, 3.8) is 0 Å². The van der Waals surface area contributed by atoms with Crippen LogP contribution in [0.3, 0.4) is 0 Å². The summed E-state index contributed by atoms with van der Waals surface area (Å²) in [5.74, 6) is 0.634. The Morgan fingerprint density at radius 3 is 2.83 bits per heavy atom. The molecule has 1 heteroatoms. The molecule has 0 nitrogen and oxygen atoms in total. The van der Waals surface area contributed by atoms with Crippen molar-refractivity contribution in [3.05, 3.63) is 34.3 Å².